The summed E-state index contributed by atoms with van der Waals surface area (Å²) in [5, 5.41) is 54.4. The maximum absolute atomic E-state index is 14.8. The van der Waals surface area contributed by atoms with Gasteiger partial charge in [-0.25, -0.2) is 4.79 Å². The number of carboxylic acid groups (broad SMARTS) is 1. The van der Waals surface area contributed by atoms with Crippen molar-refractivity contribution in [1.29, 1.82) is 5.26 Å². The lowest BCUT2D eigenvalue weighted by Crippen LogP contribution is -2.60. The van der Waals surface area contributed by atoms with Gasteiger partial charge in [-0.2, -0.15) is 17.0 Å². The molecule has 0 spiro atoms. The summed E-state index contributed by atoms with van der Waals surface area (Å²) in [6.07, 6.45) is 5.82. The number of thioether (sulfide) groups is 1. The van der Waals surface area contributed by atoms with E-state index in [1.807, 2.05) is 26.8 Å². The number of rotatable bonds is 56. The molecule has 0 bridgehead atoms. The molecule has 0 unspecified atom stereocenters. The number of aromatic amines is 1. The van der Waals surface area contributed by atoms with Gasteiger partial charge in [0.25, 0.3) is 0 Å². The van der Waals surface area contributed by atoms with Gasteiger partial charge in [-0.3, -0.25) is 67.1 Å². The molecule has 36 nitrogen and oxygen atoms in total. The van der Waals surface area contributed by atoms with Crippen LogP contribution in [0.3, 0.4) is 0 Å². The summed E-state index contributed by atoms with van der Waals surface area (Å²) in [5.74, 6) is -13.7. The number of H-pyrrole nitrogens is 1. The monoisotopic (exact) mass is 1660 g/mol. The third-order valence-electron chi connectivity index (χ3n) is 19.9. The molecule has 1 heterocycles. The molecule has 3 aromatic rings. The highest BCUT2D eigenvalue weighted by atomic mass is 32.2. The largest absolute Gasteiger partial charge is 0.480 e. The Bertz CT molecular complexity index is 3820. The van der Waals surface area contributed by atoms with E-state index in [1.165, 1.54) is 37.7 Å². The predicted octanol–water partition coefficient (Wildman–Crippen LogP) is -0.590. The zero-order valence-corrected chi connectivity index (χ0v) is 70.2. The number of nitrogens with one attached hydrogen (secondary N) is 14. The first-order valence-electron chi connectivity index (χ1n) is 40.3. The summed E-state index contributed by atoms with van der Waals surface area (Å²) in [5.41, 5.74) is 31.2. The molecular weight excluding hydrogens is 1530 g/mol. The summed E-state index contributed by atoms with van der Waals surface area (Å²) in [6.45, 7) is 16.8. The number of nitrogens with two attached hydrogens (primary N) is 5. The molecule has 1 aromatic heterocycles. The second-order valence-corrected chi connectivity index (χ2v) is 31.5. The lowest BCUT2D eigenvalue weighted by atomic mass is 9.98. The van der Waals surface area contributed by atoms with E-state index >= 15 is 0 Å². The van der Waals surface area contributed by atoms with Gasteiger partial charge in [0, 0.05) is 29.9 Å². The number of benzene rings is 2. The number of amides is 14. The molecule has 0 saturated carbocycles. The van der Waals surface area contributed by atoms with Crippen LogP contribution < -0.4 is 97.8 Å². The molecule has 0 saturated heterocycles. The molecule has 0 aliphatic carbocycles. The predicted molar refractivity (Wildman–Crippen MR) is 443 cm³/mol. The lowest BCUT2D eigenvalue weighted by Gasteiger charge is -2.28. The molecule has 15 atom stereocenters. The van der Waals surface area contributed by atoms with Gasteiger partial charge in [0.1, 0.15) is 72.5 Å². The number of nitrogens with zero attached hydrogens (tertiary/aromatic N) is 1. The van der Waals surface area contributed by atoms with Crippen molar-refractivity contribution < 1.29 is 77.0 Å². The van der Waals surface area contributed by atoms with E-state index in [1.54, 1.807) is 83.5 Å². The average molecular weight is 1660 g/mol. The number of primary amides is 1. The number of hydrogen-bond acceptors (Lipinski definition) is 21. The van der Waals surface area contributed by atoms with Gasteiger partial charge in [0.15, 0.2) is 0 Å². The third kappa shape index (κ3) is 36.0. The smallest absolute Gasteiger partial charge is 0.326 e. The van der Waals surface area contributed by atoms with E-state index < -0.39 is 186 Å². The number of nitriles is 1. The minimum atomic E-state index is -1.55. The Kier molecular flexibility index (Phi) is 45.8. The van der Waals surface area contributed by atoms with Crippen LogP contribution in [0.15, 0.2) is 54.7 Å². The van der Waals surface area contributed by atoms with Crippen molar-refractivity contribution in [3.63, 3.8) is 0 Å². The Hall–Kier alpha value is -10.3. The average Bonchev–Trinajstić information content (AvgIpc) is 1.68. The highest BCUT2D eigenvalue weighted by Gasteiger charge is 2.38. The van der Waals surface area contributed by atoms with Crippen LogP contribution in [0.1, 0.15) is 182 Å². The van der Waals surface area contributed by atoms with E-state index in [-0.39, 0.29) is 88.8 Å². The molecule has 117 heavy (non-hydrogen) atoms. The molecule has 2 aromatic carbocycles. The van der Waals surface area contributed by atoms with Gasteiger partial charge < -0.3 is 108 Å². The first kappa shape index (κ1) is 101. The number of fused-ring (bicyclic) bond motifs is 1. The van der Waals surface area contributed by atoms with Gasteiger partial charge in [-0.15, -0.1) is 0 Å². The quantitative estimate of drug-likeness (QED) is 0.0314. The Balaban J connectivity index is 1.85. The fraction of sp³-hybridized carbons (Fsp3) is 0.625. The van der Waals surface area contributed by atoms with Crippen molar-refractivity contribution in [2.45, 2.75) is 257 Å². The lowest BCUT2D eigenvalue weighted by molar-refractivity contribution is -0.143. The van der Waals surface area contributed by atoms with E-state index in [0.717, 1.165) is 0 Å². The highest BCUT2D eigenvalue weighted by Crippen LogP contribution is 2.21. The summed E-state index contributed by atoms with van der Waals surface area (Å²) >= 11 is 1.34. The minimum Gasteiger partial charge on any atom is -0.480 e. The number of aromatic nitrogens is 1. The summed E-state index contributed by atoms with van der Waals surface area (Å²) in [6, 6.07) is -1.93. The van der Waals surface area contributed by atoms with Gasteiger partial charge in [0.2, 0.25) is 82.7 Å². The molecular formula is C80H128N20O16S. The first-order valence-corrected chi connectivity index (χ1v) is 41.7. The van der Waals surface area contributed by atoms with E-state index in [9.17, 15) is 82.3 Å². The molecule has 0 radical (unpaired) electrons. The van der Waals surface area contributed by atoms with Crippen molar-refractivity contribution in [3.05, 3.63) is 71.4 Å². The standard InChI is InChI=1S/C80H128N20O16S/c1-12-46(7)66(86)78(113)98-62(40-64(85)101)77(112)97-61(39-52-42-87-54-23-15-14-22-53(52)54)76(111)92-55(24-16-19-32-81)70(105)88-43-65(102)100-67(47(8)13-2)79(114)90-48(9)68(103)89-49(10)69(104)91-58(31-35-117-11)73(108)96-60(38-50-27-29-51(41-84)30-28-50)75(110)94-56(25-17-20-33-82)71(106)93-57(26-18-21-34-83)72(107)95-59(36-44(3)4)74(109)99-63(80(115)116)37-45(5)6/h14-15,22-23,27-30,42,44-49,55-63,66-67,87H,12-13,16-21,24-26,31-40,43,81-83,86H2,1-11H3,(H2,85,101)(H,88,105)(H,89,103)(H,90,114)(H,91,104)(H,92,111)(H,93,106)(H,94,110)(H,95,107)(H,96,108)(H,97,112)(H,98,113)(H,99,109)(H,100,102)(H,115,116)/t46-,47-,48-,49-,55-,56-,57-,58-,59-,60-,61-,62-,63-,66-,67-/m0/s1. The van der Waals surface area contributed by atoms with Crippen LogP contribution in [-0.4, -0.2) is 215 Å². The molecule has 3 rings (SSSR count). The van der Waals surface area contributed by atoms with Gasteiger partial charge in [0.05, 0.1) is 30.6 Å². The molecule has 0 fully saturated rings. The van der Waals surface area contributed by atoms with Crippen LogP contribution in [0.4, 0.5) is 0 Å². The van der Waals surface area contributed by atoms with Crippen molar-refractivity contribution in [2.75, 3.05) is 38.2 Å². The van der Waals surface area contributed by atoms with Crippen LogP contribution in [-0.2, 0) is 84.8 Å². The summed E-state index contributed by atoms with van der Waals surface area (Å²) in [4.78, 5) is 211. The molecule has 650 valence electrons. The number of aliphatic carboxylic acids is 1. The van der Waals surface area contributed by atoms with Crippen LogP contribution in [0.25, 0.3) is 10.9 Å². The molecule has 0 aliphatic rings. The Labute approximate surface area is 689 Å². The van der Waals surface area contributed by atoms with Crippen LogP contribution in [0.2, 0.25) is 0 Å². The third-order valence-corrected chi connectivity index (χ3v) is 20.5. The normalized spacial score (nSPS) is 15.1. The topological polar surface area (TPSA) is 602 Å². The SMILES string of the molecule is CC[C@H](C)[C@H](N)C(=O)N[C@@H](CC(N)=O)C(=O)N[C@@H](Cc1c[nH]c2ccccc12)C(=O)N[C@@H](CCCCN)C(=O)NCC(=O)N[C@H](C(=O)N[C@@H](C)C(=O)N[C@@H](C)C(=O)N[C@@H](CCSC)C(=O)N[C@@H](Cc1ccc(C#N)cc1)C(=O)N[C@@H](CCCCN)C(=O)N[C@@H](CCCCN)C(=O)N[C@@H](CC(C)C)C(=O)N[C@@H](CC(C)C)C(=O)O)[C@@H](C)CC. The molecule has 0 aliphatic heterocycles. The second kappa shape index (κ2) is 53.1. The Morgan fingerprint density at radius 1 is 0.470 bits per heavy atom. The summed E-state index contributed by atoms with van der Waals surface area (Å²) in [7, 11) is 0. The van der Waals surface area contributed by atoms with E-state index in [4.69, 9.17) is 28.7 Å². The van der Waals surface area contributed by atoms with Crippen molar-refractivity contribution in [3.8, 4) is 6.07 Å². The maximum atomic E-state index is 14.8. The molecule has 37 heteroatoms. The zero-order valence-electron chi connectivity index (χ0n) is 69.4. The Morgan fingerprint density at radius 3 is 1.38 bits per heavy atom. The Morgan fingerprint density at radius 2 is 0.889 bits per heavy atom. The van der Waals surface area contributed by atoms with Crippen molar-refractivity contribution in [2.24, 2.45) is 52.3 Å². The maximum Gasteiger partial charge on any atom is 0.326 e. The number of hydrogen-bond donors (Lipinski definition) is 20. The number of unbranched alkanes of at least 4 members (excludes halogenated alkanes) is 3. The van der Waals surface area contributed by atoms with E-state index in [2.05, 4.69) is 74.1 Å². The van der Waals surface area contributed by atoms with Gasteiger partial charge in [-0.1, -0.05) is 98.6 Å². The van der Waals surface area contributed by atoms with Gasteiger partial charge in [-0.05, 0) is 176 Å². The van der Waals surface area contributed by atoms with Crippen LogP contribution >= 0.6 is 11.8 Å². The minimum absolute atomic E-state index is 0.000998. The van der Waals surface area contributed by atoms with Crippen molar-refractivity contribution >= 4 is 111 Å². The molecule has 25 N–H and O–H groups in total. The number of carbonyl (C=O) groups excluding carboxylic acids is 14. The van der Waals surface area contributed by atoms with E-state index in [0.29, 0.717) is 84.7 Å². The first-order chi connectivity index (χ1) is 55.4. The highest BCUT2D eigenvalue weighted by molar-refractivity contribution is 7.98. The fourth-order valence-electron chi connectivity index (χ4n) is 12.5. The number of carboxylic acids is 1. The fourth-order valence-corrected chi connectivity index (χ4v) is 12.9. The number of carbonyl (C=O) groups is 15. The van der Waals surface area contributed by atoms with Crippen LogP contribution in [0, 0.1) is 35.0 Å². The molecule has 14 amide bonds. The van der Waals surface area contributed by atoms with Crippen molar-refractivity contribution in [1.82, 2.24) is 74.1 Å². The summed E-state index contributed by atoms with van der Waals surface area (Å²) < 4.78 is 0. The number of para-hydroxylation sites is 1. The second-order valence-electron chi connectivity index (χ2n) is 30.6. The van der Waals surface area contributed by atoms with Gasteiger partial charge >= 0.3 is 5.97 Å². The zero-order chi connectivity index (χ0) is 87.6. The van der Waals surface area contributed by atoms with Crippen LogP contribution in [0.5, 0.6) is 0 Å².